The van der Waals surface area contributed by atoms with Gasteiger partial charge in [-0.15, -0.1) is 0 Å². The second kappa shape index (κ2) is 8.93. The molecule has 0 bridgehead atoms. The minimum Gasteiger partial charge on any atom is -0.405 e. The van der Waals surface area contributed by atoms with Gasteiger partial charge in [-0.25, -0.2) is 4.98 Å². The molecular formula is C20H16F6N6O2. The van der Waals surface area contributed by atoms with Crippen LogP contribution in [0, 0.1) is 0 Å². The normalized spacial score (nSPS) is 16.6. The summed E-state index contributed by atoms with van der Waals surface area (Å²) in [5, 5.41) is 12.4. The highest BCUT2D eigenvalue weighted by molar-refractivity contribution is 5.56. The lowest BCUT2D eigenvalue weighted by Gasteiger charge is -2.17. The molecule has 8 nitrogen and oxygen atoms in total. The van der Waals surface area contributed by atoms with Crippen LogP contribution in [0.1, 0.15) is 17.7 Å². The molecule has 0 spiro atoms. The maximum Gasteiger partial charge on any atom is 0.433 e. The summed E-state index contributed by atoms with van der Waals surface area (Å²) >= 11 is 0. The number of nitrogens with one attached hydrogen (secondary N) is 1. The van der Waals surface area contributed by atoms with Crippen molar-refractivity contribution in [1.82, 2.24) is 19.9 Å². The van der Waals surface area contributed by atoms with Crippen molar-refractivity contribution < 1.29 is 36.2 Å². The number of ether oxygens (including phenoxy) is 1. The van der Waals surface area contributed by atoms with Crippen molar-refractivity contribution >= 4 is 17.6 Å². The predicted octanol–water partition coefficient (Wildman–Crippen LogP) is 4.41. The molecule has 0 radical (unpaired) electrons. The van der Waals surface area contributed by atoms with Gasteiger partial charge in [0.05, 0.1) is 11.7 Å². The number of β-amino-alcohol motifs (C(OH)–C–C–N with tert-alkyl or cyclic N) is 1. The Morgan fingerprint density at radius 1 is 0.941 bits per heavy atom. The highest BCUT2D eigenvalue weighted by Gasteiger charge is 2.33. The number of aliphatic hydroxyl groups excluding tert-OH is 1. The number of aliphatic hydroxyl groups is 1. The summed E-state index contributed by atoms with van der Waals surface area (Å²) in [5.41, 5.74) is -2.08. The van der Waals surface area contributed by atoms with E-state index in [2.05, 4.69) is 25.3 Å². The molecular weight excluding hydrogens is 470 g/mol. The van der Waals surface area contributed by atoms with Gasteiger partial charge >= 0.3 is 18.4 Å². The van der Waals surface area contributed by atoms with Crippen molar-refractivity contribution in [3.8, 4) is 11.9 Å². The molecule has 1 atom stereocenters. The number of alkyl halides is 6. The average Bonchev–Trinajstić information content (AvgIpc) is 3.19. The van der Waals surface area contributed by atoms with Crippen LogP contribution in [0.25, 0.3) is 0 Å². The number of hydrogen-bond donors (Lipinski definition) is 2. The van der Waals surface area contributed by atoms with E-state index in [1.807, 2.05) is 0 Å². The topological polar surface area (TPSA) is 96.3 Å². The third kappa shape index (κ3) is 5.62. The zero-order valence-electron chi connectivity index (χ0n) is 17.1. The monoisotopic (exact) mass is 486 g/mol. The van der Waals surface area contributed by atoms with Crippen molar-refractivity contribution in [2.75, 3.05) is 23.3 Å². The van der Waals surface area contributed by atoms with Gasteiger partial charge in [-0.3, -0.25) is 0 Å². The minimum absolute atomic E-state index is 0.0107. The van der Waals surface area contributed by atoms with Crippen LogP contribution in [0.3, 0.4) is 0 Å². The Kier molecular flexibility index (Phi) is 6.17. The van der Waals surface area contributed by atoms with E-state index in [4.69, 9.17) is 4.74 Å². The third-order valence-corrected chi connectivity index (χ3v) is 4.71. The van der Waals surface area contributed by atoms with Crippen LogP contribution in [-0.2, 0) is 12.4 Å². The lowest BCUT2D eigenvalue weighted by atomic mass is 10.2. The van der Waals surface area contributed by atoms with E-state index in [0.29, 0.717) is 13.0 Å². The third-order valence-electron chi connectivity index (χ3n) is 4.71. The Bertz CT molecular complexity index is 1100. The highest BCUT2D eigenvalue weighted by atomic mass is 19.4. The van der Waals surface area contributed by atoms with Crippen molar-refractivity contribution in [3.63, 3.8) is 0 Å². The van der Waals surface area contributed by atoms with E-state index in [0.717, 1.165) is 30.3 Å². The number of aromatic nitrogens is 4. The first-order valence-electron chi connectivity index (χ1n) is 9.83. The molecule has 1 unspecified atom stereocenters. The van der Waals surface area contributed by atoms with Gasteiger partial charge in [-0.1, -0.05) is 12.1 Å². The van der Waals surface area contributed by atoms with E-state index < -0.39 is 41.6 Å². The van der Waals surface area contributed by atoms with Gasteiger partial charge in [0, 0.05) is 24.8 Å². The van der Waals surface area contributed by atoms with Crippen LogP contribution in [0.4, 0.5) is 43.9 Å². The number of nitrogens with zero attached hydrogens (tertiary/aromatic N) is 5. The number of halogens is 6. The van der Waals surface area contributed by atoms with Gasteiger partial charge in [0.25, 0.3) is 0 Å². The Morgan fingerprint density at radius 3 is 2.38 bits per heavy atom. The van der Waals surface area contributed by atoms with Crippen molar-refractivity contribution in [2.45, 2.75) is 24.9 Å². The molecule has 180 valence electrons. The SMILES string of the molecule is OC1CCN(c2nc(Nc3cccc(C(F)(F)F)c3)nc(Oc3cccc(C(F)(F)F)n3)n2)C1. The molecule has 0 saturated carbocycles. The molecule has 1 aliphatic heterocycles. The maximum absolute atomic E-state index is 13.0. The molecule has 3 aromatic rings. The summed E-state index contributed by atoms with van der Waals surface area (Å²) in [6.07, 6.45) is -9.50. The molecule has 34 heavy (non-hydrogen) atoms. The lowest BCUT2D eigenvalue weighted by molar-refractivity contribution is -0.141. The maximum atomic E-state index is 13.0. The zero-order chi connectivity index (χ0) is 24.5. The quantitative estimate of drug-likeness (QED) is 0.512. The molecule has 4 rings (SSSR count). The first kappa shape index (κ1) is 23.5. The van der Waals surface area contributed by atoms with Gasteiger partial charge < -0.3 is 20.1 Å². The molecule has 1 saturated heterocycles. The smallest absolute Gasteiger partial charge is 0.405 e. The summed E-state index contributed by atoms with van der Waals surface area (Å²) < 4.78 is 83.3. The summed E-state index contributed by atoms with van der Waals surface area (Å²) in [5.74, 6) is -0.644. The molecule has 2 N–H and O–H groups in total. The van der Waals surface area contributed by atoms with Crippen LogP contribution in [0.5, 0.6) is 11.9 Å². The van der Waals surface area contributed by atoms with E-state index in [-0.39, 0.29) is 24.1 Å². The van der Waals surface area contributed by atoms with Crippen molar-refractivity contribution in [1.29, 1.82) is 0 Å². The van der Waals surface area contributed by atoms with Gasteiger partial charge in [0.1, 0.15) is 5.69 Å². The fourth-order valence-electron chi connectivity index (χ4n) is 3.14. The molecule has 2 aromatic heterocycles. The van der Waals surface area contributed by atoms with Gasteiger partial charge in [-0.2, -0.15) is 41.3 Å². The summed E-state index contributed by atoms with van der Waals surface area (Å²) in [6, 6.07) is 6.86. The Morgan fingerprint density at radius 2 is 1.71 bits per heavy atom. The second-order valence-electron chi connectivity index (χ2n) is 7.29. The number of pyridine rings is 1. The van der Waals surface area contributed by atoms with Gasteiger partial charge in [-0.05, 0) is 30.7 Å². The predicted molar refractivity (Wildman–Crippen MR) is 107 cm³/mol. The molecule has 1 aromatic carbocycles. The minimum atomic E-state index is -4.70. The van der Waals surface area contributed by atoms with Crippen LogP contribution >= 0.6 is 0 Å². The first-order valence-corrected chi connectivity index (χ1v) is 9.83. The number of benzene rings is 1. The fourth-order valence-corrected chi connectivity index (χ4v) is 3.14. The van der Waals surface area contributed by atoms with E-state index in [1.54, 1.807) is 4.90 Å². The Balaban J connectivity index is 1.66. The molecule has 1 fully saturated rings. The average molecular weight is 486 g/mol. The van der Waals surface area contributed by atoms with E-state index in [1.165, 1.54) is 12.1 Å². The van der Waals surface area contributed by atoms with Crippen LogP contribution in [0.2, 0.25) is 0 Å². The summed E-state index contributed by atoms with van der Waals surface area (Å²) in [7, 11) is 0. The van der Waals surface area contributed by atoms with Crippen LogP contribution < -0.4 is 15.0 Å². The zero-order valence-corrected chi connectivity index (χ0v) is 17.1. The molecule has 0 aliphatic carbocycles. The summed E-state index contributed by atoms with van der Waals surface area (Å²) in [6.45, 7) is 0.545. The summed E-state index contributed by atoms with van der Waals surface area (Å²) in [4.78, 5) is 17.1. The van der Waals surface area contributed by atoms with Gasteiger partial charge in [0.15, 0.2) is 0 Å². The number of hydrogen-bond acceptors (Lipinski definition) is 8. The first-order chi connectivity index (χ1) is 16.0. The second-order valence-corrected chi connectivity index (χ2v) is 7.29. The Hall–Kier alpha value is -3.68. The molecule has 14 heteroatoms. The van der Waals surface area contributed by atoms with Crippen molar-refractivity contribution in [3.05, 3.63) is 53.7 Å². The number of rotatable bonds is 5. The largest absolute Gasteiger partial charge is 0.433 e. The van der Waals surface area contributed by atoms with E-state index in [9.17, 15) is 31.4 Å². The highest BCUT2D eigenvalue weighted by Crippen LogP contribution is 2.32. The van der Waals surface area contributed by atoms with Gasteiger partial charge in [0.2, 0.25) is 17.8 Å². The molecule has 0 amide bonds. The molecule has 3 heterocycles. The molecule has 1 aliphatic rings. The van der Waals surface area contributed by atoms with Crippen molar-refractivity contribution in [2.24, 2.45) is 0 Å². The van der Waals surface area contributed by atoms with E-state index >= 15 is 0 Å². The number of anilines is 3. The lowest BCUT2D eigenvalue weighted by Crippen LogP contribution is -2.24. The Labute approximate surface area is 188 Å². The standard InChI is InChI=1S/C20H16F6N6O2/c21-19(22,23)11-3-1-4-12(9-11)27-16-29-17(32-8-7-13(33)10-32)31-18(30-16)34-15-6-2-5-14(28-15)20(24,25)26/h1-6,9,13,33H,7-8,10H2,(H,27,29,30,31). The van der Waals surface area contributed by atoms with Crippen LogP contribution in [-0.4, -0.2) is 44.2 Å². The fraction of sp³-hybridized carbons (Fsp3) is 0.300. The van der Waals surface area contributed by atoms with Crippen LogP contribution in [0.15, 0.2) is 42.5 Å².